The van der Waals surface area contributed by atoms with Crippen LogP contribution in [0.3, 0.4) is 0 Å². The number of hydrogen-bond donors (Lipinski definition) is 1. The molecule has 2 aliphatic rings. The third kappa shape index (κ3) is 2.80. The molecule has 7 nitrogen and oxygen atoms in total. The Kier molecular flexibility index (Phi) is 3.94. The van der Waals surface area contributed by atoms with Gasteiger partial charge in [0.15, 0.2) is 5.54 Å². The number of aliphatic imine (C=N–C) groups is 1. The fourth-order valence-electron chi connectivity index (χ4n) is 4.21. The molecule has 8 heteroatoms. The Morgan fingerprint density at radius 1 is 0.812 bits per heavy atom. The zero-order chi connectivity index (χ0) is 21.7. The van der Waals surface area contributed by atoms with Gasteiger partial charge in [-0.2, -0.15) is 4.39 Å². The van der Waals surface area contributed by atoms with Crippen molar-refractivity contribution in [1.82, 2.24) is 15.0 Å². The van der Waals surface area contributed by atoms with Gasteiger partial charge in [0, 0.05) is 40.8 Å². The van der Waals surface area contributed by atoms with Gasteiger partial charge in [-0.05, 0) is 47.5 Å². The van der Waals surface area contributed by atoms with E-state index in [4.69, 9.17) is 20.2 Å². The Labute approximate surface area is 182 Å². The van der Waals surface area contributed by atoms with Crippen molar-refractivity contribution >= 4 is 6.02 Å². The zero-order valence-electron chi connectivity index (χ0n) is 16.7. The van der Waals surface area contributed by atoms with E-state index in [2.05, 4.69) is 15.0 Å². The molecule has 0 fully saturated rings. The second-order valence-corrected chi connectivity index (χ2v) is 7.62. The molecule has 0 radical (unpaired) electrons. The third-order valence-electron chi connectivity index (χ3n) is 5.75. The average molecular weight is 425 g/mol. The lowest BCUT2D eigenvalue weighted by molar-refractivity contribution is 0.264. The molecule has 1 spiro atoms. The minimum absolute atomic E-state index is 0.117. The standard InChI is InChI=1S/C24H16FN5O2/c25-22-6-3-16(11-29-22)14-1-4-20-18(7-14)24(12-31-23(26)30-24)19-8-15(2-5-21(19)32-20)17-9-27-13-28-10-17/h1-11,13H,12H2,(H2,26,30)/t24-/m1/s1. The van der Waals surface area contributed by atoms with E-state index < -0.39 is 11.5 Å². The Morgan fingerprint density at radius 3 is 2.06 bits per heavy atom. The molecule has 0 aliphatic carbocycles. The maximum atomic E-state index is 13.3. The van der Waals surface area contributed by atoms with E-state index in [0.29, 0.717) is 11.5 Å². The van der Waals surface area contributed by atoms with E-state index in [1.54, 1.807) is 18.5 Å². The highest BCUT2D eigenvalue weighted by molar-refractivity contribution is 5.79. The fraction of sp³-hybridized carbons (Fsp3) is 0.0833. The molecule has 4 aromatic rings. The average Bonchev–Trinajstić information content (AvgIpc) is 3.22. The van der Waals surface area contributed by atoms with Crippen molar-refractivity contribution in [1.29, 1.82) is 0 Å². The van der Waals surface area contributed by atoms with Crippen LogP contribution >= 0.6 is 0 Å². The molecular formula is C24H16FN5O2. The maximum absolute atomic E-state index is 13.3. The summed E-state index contributed by atoms with van der Waals surface area (Å²) in [5.41, 5.74) is 10.2. The molecule has 0 saturated carbocycles. The van der Waals surface area contributed by atoms with Gasteiger partial charge < -0.3 is 15.2 Å². The lowest BCUT2D eigenvalue weighted by Gasteiger charge is -2.34. The highest BCUT2D eigenvalue weighted by Crippen LogP contribution is 2.52. The van der Waals surface area contributed by atoms with E-state index in [1.165, 1.54) is 18.6 Å². The summed E-state index contributed by atoms with van der Waals surface area (Å²) in [6.45, 7) is 0.238. The Balaban J connectivity index is 1.54. The van der Waals surface area contributed by atoms with Gasteiger partial charge >= 0.3 is 0 Å². The summed E-state index contributed by atoms with van der Waals surface area (Å²) in [5, 5.41) is 0. The number of rotatable bonds is 2. The predicted molar refractivity (Wildman–Crippen MR) is 116 cm³/mol. The smallest absolute Gasteiger partial charge is 0.283 e. The molecule has 32 heavy (non-hydrogen) atoms. The summed E-state index contributed by atoms with van der Waals surface area (Å²) in [5.74, 6) is 0.810. The van der Waals surface area contributed by atoms with Crippen LogP contribution in [0.25, 0.3) is 22.3 Å². The largest absolute Gasteiger partial charge is 0.462 e. The van der Waals surface area contributed by atoms with Crippen LogP contribution in [-0.4, -0.2) is 27.6 Å². The van der Waals surface area contributed by atoms with Crippen LogP contribution in [0.15, 0.2) is 78.4 Å². The molecule has 0 unspecified atom stereocenters. The van der Waals surface area contributed by atoms with Crippen molar-refractivity contribution < 1.29 is 13.9 Å². The molecule has 1 atom stereocenters. The number of aromatic nitrogens is 3. The molecule has 6 rings (SSSR count). The van der Waals surface area contributed by atoms with Crippen molar-refractivity contribution in [2.45, 2.75) is 5.54 Å². The summed E-state index contributed by atoms with van der Waals surface area (Å²) in [6, 6.07) is 14.8. The first-order chi connectivity index (χ1) is 15.6. The van der Waals surface area contributed by atoms with Gasteiger partial charge in [-0.25, -0.2) is 19.9 Å². The van der Waals surface area contributed by atoms with Gasteiger partial charge in [0.1, 0.15) is 24.4 Å². The van der Waals surface area contributed by atoms with E-state index >= 15 is 0 Å². The molecule has 2 N–H and O–H groups in total. The Bertz CT molecular complexity index is 1380. The molecule has 2 aromatic heterocycles. The second-order valence-electron chi connectivity index (χ2n) is 7.62. The van der Waals surface area contributed by atoms with E-state index in [1.807, 2.05) is 36.4 Å². The number of hydrogen-bond acceptors (Lipinski definition) is 7. The number of ether oxygens (including phenoxy) is 2. The summed E-state index contributed by atoms with van der Waals surface area (Å²) in [4.78, 5) is 16.7. The van der Waals surface area contributed by atoms with Gasteiger partial charge in [-0.1, -0.05) is 12.1 Å². The van der Waals surface area contributed by atoms with Crippen LogP contribution in [-0.2, 0) is 10.3 Å². The monoisotopic (exact) mass is 425 g/mol. The van der Waals surface area contributed by atoms with Gasteiger partial charge in [-0.15, -0.1) is 0 Å². The molecular weight excluding hydrogens is 409 g/mol. The fourth-order valence-corrected chi connectivity index (χ4v) is 4.21. The minimum atomic E-state index is -0.873. The quantitative estimate of drug-likeness (QED) is 0.487. The summed E-state index contributed by atoms with van der Waals surface area (Å²) >= 11 is 0. The van der Waals surface area contributed by atoms with Gasteiger partial charge in [0.25, 0.3) is 6.02 Å². The first kappa shape index (κ1) is 18.4. The van der Waals surface area contributed by atoms with Gasteiger partial charge in [0.2, 0.25) is 5.95 Å². The normalized spacial score (nSPS) is 18.3. The Hall–Kier alpha value is -4.33. The van der Waals surface area contributed by atoms with Gasteiger partial charge in [0.05, 0.1) is 0 Å². The Morgan fingerprint density at radius 2 is 1.47 bits per heavy atom. The van der Waals surface area contributed by atoms with E-state index in [-0.39, 0.29) is 12.6 Å². The predicted octanol–water partition coefficient (Wildman–Crippen LogP) is 4.04. The first-order valence-electron chi connectivity index (χ1n) is 9.95. The second kappa shape index (κ2) is 6.84. The highest BCUT2D eigenvalue weighted by Gasteiger charge is 2.47. The summed E-state index contributed by atoms with van der Waals surface area (Å²) in [7, 11) is 0. The van der Waals surface area contributed by atoms with Crippen molar-refractivity contribution in [3.63, 3.8) is 0 Å². The van der Waals surface area contributed by atoms with E-state index in [9.17, 15) is 4.39 Å². The number of nitrogens with zero attached hydrogens (tertiary/aromatic N) is 4. The number of amidine groups is 1. The number of pyridine rings is 1. The van der Waals surface area contributed by atoms with Crippen LogP contribution in [0, 0.1) is 5.95 Å². The molecule has 0 amide bonds. The van der Waals surface area contributed by atoms with Gasteiger partial charge in [-0.3, -0.25) is 0 Å². The van der Waals surface area contributed by atoms with Crippen LogP contribution in [0.5, 0.6) is 11.5 Å². The molecule has 4 heterocycles. The first-order valence-corrected chi connectivity index (χ1v) is 9.95. The maximum Gasteiger partial charge on any atom is 0.283 e. The number of nitrogens with two attached hydrogens (primary N) is 1. The van der Waals surface area contributed by atoms with Crippen molar-refractivity contribution in [3.05, 3.63) is 90.5 Å². The third-order valence-corrected chi connectivity index (χ3v) is 5.75. The SMILES string of the molecule is NC1=N[C@@]2(CO1)c1cc(-c3cncnc3)ccc1Oc1ccc(-c3ccc(F)nc3)cc12. The van der Waals surface area contributed by atoms with Crippen LogP contribution in [0.1, 0.15) is 11.1 Å². The summed E-state index contributed by atoms with van der Waals surface area (Å²) < 4.78 is 25.2. The minimum Gasteiger partial charge on any atom is -0.462 e. The van der Waals surface area contributed by atoms with E-state index in [0.717, 1.165) is 33.4 Å². The van der Waals surface area contributed by atoms with Crippen LogP contribution in [0.2, 0.25) is 0 Å². The lowest BCUT2D eigenvalue weighted by Crippen LogP contribution is -2.31. The van der Waals surface area contributed by atoms with Crippen LogP contribution in [0.4, 0.5) is 4.39 Å². The van der Waals surface area contributed by atoms with Crippen molar-refractivity contribution in [3.8, 4) is 33.8 Å². The number of benzene rings is 2. The molecule has 2 aromatic carbocycles. The molecule has 0 saturated heterocycles. The molecule has 0 bridgehead atoms. The number of fused-ring (bicyclic) bond motifs is 4. The van der Waals surface area contributed by atoms with Crippen molar-refractivity contribution in [2.24, 2.45) is 10.7 Å². The molecule has 156 valence electrons. The topological polar surface area (TPSA) is 95.5 Å². The highest BCUT2D eigenvalue weighted by atomic mass is 19.1. The van der Waals surface area contributed by atoms with Crippen molar-refractivity contribution in [2.75, 3.05) is 6.61 Å². The zero-order valence-corrected chi connectivity index (χ0v) is 16.7. The molecule has 2 aliphatic heterocycles. The summed E-state index contributed by atoms with van der Waals surface area (Å²) in [6.07, 6.45) is 6.49. The van der Waals surface area contributed by atoms with Crippen LogP contribution < -0.4 is 10.5 Å². The lowest BCUT2D eigenvalue weighted by atomic mass is 9.79. The number of halogens is 1.